The lowest BCUT2D eigenvalue weighted by Crippen LogP contribution is -2.20. The molecule has 1 N–H and O–H groups in total. The molecule has 0 amide bonds. The molecule has 0 fully saturated rings. The van der Waals surface area contributed by atoms with Gasteiger partial charge in [0.2, 0.25) is 0 Å². The highest BCUT2D eigenvalue weighted by Gasteiger charge is 1.83. The van der Waals surface area contributed by atoms with Gasteiger partial charge in [0.15, 0.2) is 0 Å². The van der Waals surface area contributed by atoms with Gasteiger partial charge < -0.3 is 4.84 Å². The molecule has 0 spiro atoms. The molecule has 37 valence electrons. The Labute approximate surface area is 38.5 Å². The van der Waals surface area contributed by atoms with Crippen molar-refractivity contribution >= 4 is 0 Å². The number of hydroxylamine groups is 1. The first-order valence-corrected chi connectivity index (χ1v) is 1.89. The monoisotopic (exact) mass is 88.1 g/mol. The van der Waals surface area contributed by atoms with E-state index in [-0.39, 0.29) is 6.04 Å². The molecule has 0 rings (SSSR count). The maximum atomic E-state index is 4.49. The molecule has 0 aromatic heterocycles. The molecule has 0 saturated carbocycles. The van der Waals surface area contributed by atoms with Crippen LogP contribution in [0.5, 0.6) is 0 Å². The van der Waals surface area contributed by atoms with Gasteiger partial charge in [-0.2, -0.15) is 0 Å². The predicted molar refractivity (Wildman–Crippen MR) is 25.0 cm³/mol. The predicted octanol–water partition coefficient (Wildman–Crippen LogP) is 0.360. The summed E-state index contributed by atoms with van der Waals surface area (Å²) < 4.78 is 0. The lowest BCUT2D eigenvalue weighted by atomic mass is 10.4. The first kappa shape index (κ1) is 5.92. The number of rotatable bonds is 2. The molecule has 1 radical (unpaired) electrons. The number of hydrogen-bond acceptors (Lipinski definition) is 2. The standard InChI is InChI=1S/C4H10NO/c1-4(2)5-6-3/h4-5H,1H2,2-3H3. The summed E-state index contributed by atoms with van der Waals surface area (Å²) in [5, 5.41) is 0. The van der Waals surface area contributed by atoms with Crippen LogP contribution in [-0.4, -0.2) is 13.2 Å². The minimum absolute atomic E-state index is 0.176. The molecule has 0 heterocycles. The summed E-state index contributed by atoms with van der Waals surface area (Å²) in [4.78, 5) is 4.49. The van der Waals surface area contributed by atoms with Crippen molar-refractivity contribution in [2.45, 2.75) is 13.0 Å². The van der Waals surface area contributed by atoms with E-state index in [0.29, 0.717) is 0 Å². The van der Waals surface area contributed by atoms with Crippen LogP contribution in [0.15, 0.2) is 0 Å². The second-order valence-electron chi connectivity index (χ2n) is 1.22. The molecular weight excluding hydrogens is 78.0 g/mol. The summed E-state index contributed by atoms with van der Waals surface area (Å²) in [6.07, 6.45) is 0. The van der Waals surface area contributed by atoms with Gasteiger partial charge >= 0.3 is 0 Å². The fraction of sp³-hybridized carbons (Fsp3) is 0.750. The summed E-state index contributed by atoms with van der Waals surface area (Å²) in [6, 6.07) is 0.176. The molecule has 0 bridgehead atoms. The van der Waals surface area contributed by atoms with Crippen molar-refractivity contribution in [2.24, 2.45) is 0 Å². The van der Waals surface area contributed by atoms with Gasteiger partial charge in [0.05, 0.1) is 7.11 Å². The maximum absolute atomic E-state index is 4.49. The van der Waals surface area contributed by atoms with Crippen LogP contribution in [0.3, 0.4) is 0 Å². The molecule has 0 aliphatic rings. The van der Waals surface area contributed by atoms with Crippen LogP contribution in [-0.2, 0) is 4.84 Å². The quantitative estimate of drug-likeness (QED) is 0.492. The minimum Gasteiger partial charge on any atom is -0.305 e. The van der Waals surface area contributed by atoms with Gasteiger partial charge in [0, 0.05) is 6.04 Å². The lowest BCUT2D eigenvalue weighted by Gasteiger charge is -2.00. The Morgan fingerprint density at radius 1 is 1.83 bits per heavy atom. The molecular formula is C4H10NO. The second kappa shape index (κ2) is 3.12. The first-order chi connectivity index (χ1) is 2.77. The van der Waals surface area contributed by atoms with Crippen LogP contribution in [0.1, 0.15) is 6.92 Å². The van der Waals surface area contributed by atoms with Crippen LogP contribution >= 0.6 is 0 Å². The Bertz CT molecular complexity index is 28.7. The van der Waals surface area contributed by atoms with Crippen molar-refractivity contribution in [3.05, 3.63) is 6.92 Å². The van der Waals surface area contributed by atoms with E-state index in [9.17, 15) is 0 Å². The Morgan fingerprint density at radius 3 is 2.33 bits per heavy atom. The molecule has 0 aromatic rings. The van der Waals surface area contributed by atoms with E-state index in [0.717, 1.165) is 0 Å². The normalized spacial score (nSPS) is 10.0. The van der Waals surface area contributed by atoms with E-state index < -0.39 is 0 Å². The summed E-state index contributed by atoms with van der Waals surface area (Å²) in [5.74, 6) is 0. The van der Waals surface area contributed by atoms with Crippen molar-refractivity contribution in [2.75, 3.05) is 7.11 Å². The summed E-state index contributed by atoms with van der Waals surface area (Å²) in [5.41, 5.74) is 2.60. The van der Waals surface area contributed by atoms with Crippen molar-refractivity contribution in [3.8, 4) is 0 Å². The van der Waals surface area contributed by atoms with E-state index >= 15 is 0 Å². The van der Waals surface area contributed by atoms with E-state index in [2.05, 4.69) is 17.2 Å². The van der Waals surface area contributed by atoms with E-state index in [1.54, 1.807) is 7.11 Å². The highest BCUT2D eigenvalue weighted by molar-refractivity contribution is 4.52. The van der Waals surface area contributed by atoms with Crippen LogP contribution in [0.25, 0.3) is 0 Å². The Balaban J connectivity index is 2.63. The Morgan fingerprint density at radius 2 is 2.33 bits per heavy atom. The molecule has 2 heteroatoms. The third-order valence-corrected chi connectivity index (χ3v) is 0.319. The lowest BCUT2D eigenvalue weighted by molar-refractivity contribution is 0.0776. The largest absolute Gasteiger partial charge is 0.305 e. The van der Waals surface area contributed by atoms with Crippen molar-refractivity contribution < 1.29 is 4.84 Å². The highest BCUT2D eigenvalue weighted by atomic mass is 16.6. The van der Waals surface area contributed by atoms with Gasteiger partial charge in [-0.25, -0.2) is 5.48 Å². The zero-order valence-corrected chi connectivity index (χ0v) is 4.19. The summed E-state index contributed by atoms with van der Waals surface area (Å²) in [7, 11) is 1.57. The van der Waals surface area contributed by atoms with E-state index in [1.807, 2.05) is 6.92 Å². The molecule has 0 aromatic carbocycles. The molecule has 0 aliphatic heterocycles. The third-order valence-electron chi connectivity index (χ3n) is 0.319. The van der Waals surface area contributed by atoms with Gasteiger partial charge in [-0.15, -0.1) is 0 Å². The average Bonchev–Trinajstić information content (AvgIpc) is 1.35. The zero-order valence-electron chi connectivity index (χ0n) is 4.19. The Hall–Kier alpha value is -0.0800. The molecule has 1 unspecified atom stereocenters. The van der Waals surface area contributed by atoms with Crippen LogP contribution in [0.2, 0.25) is 0 Å². The fourth-order valence-electron chi connectivity index (χ4n) is 0.201. The van der Waals surface area contributed by atoms with Crippen molar-refractivity contribution in [1.29, 1.82) is 0 Å². The fourth-order valence-corrected chi connectivity index (χ4v) is 0.201. The van der Waals surface area contributed by atoms with Crippen LogP contribution in [0, 0.1) is 6.92 Å². The molecule has 0 aliphatic carbocycles. The van der Waals surface area contributed by atoms with E-state index in [1.165, 1.54) is 0 Å². The highest BCUT2D eigenvalue weighted by Crippen LogP contribution is 1.69. The van der Waals surface area contributed by atoms with Gasteiger partial charge in [-0.3, -0.25) is 0 Å². The van der Waals surface area contributed by atoms with Crippen molar-refractivity contribution in [1.82, 2.24) is 5.48 Å². The summed E-state index contributed by atoms with van der Waals surface area (Å²) in [6.45, 7) is 5.50. The summed E-state index contributed by atoms with van der Waals surface area (Å²) >= 11 is 0. The molecule has 1 atom stereocenters. The number of nitrogens with one attached hydrogen (secondary N) is 1. The van der Waals surface area contributed by atoms with Gasteiger partial charge in [-0.05, 0) is 13.8 Å². The van der Waals surface area contributed by atoms with Gasteiger partial charge in [0.1, 0.15) is 0 Å². The second-order valence-corrected chi connectivity index (χ2v) is 1.22. The third kappa shape index (κ3) is 3.92. The molecule has 2 nitrogen and oxygen atoms in total. The molecule has 0 saturated heterocycles. The van der Waals surface area contributed by atoms with Crippen molar-refractivity contribution in [3.63, 3.8) is 0 Å². The first-order valence-electron chi connectivity index (χ1n) is 1.89. The zero-order chi connectivity index (χ0) is 4.99. The average molecular weight is 88.1 g/mol. The van der Waals surface area contributed by atoms with Crippen LogP contribution < -0.4 is 5.48 Å². The smallest absolute Gasteiger partial charge is 0.0572 e. The van der Waals surface area contributed by atoms with E-state index in [4.69, 9.17) is 0 Å². The van der Waals surface area contributed by atoms with Gasteiger partial charge in [-0.1, -0.05) is 0 Å². The SMILES string of the molecule is [CH2]C(C)NOC. The number of hydrogen-bond donors (Lipinski definition) is 1. The minimum atomic E-state index is 0.176. The van der Waals surface area contributed by atoms with Crippen LogP contribution in [0.4, 0.5) is 0 Å². The maximum Gasteiger partial charge on any atom is 0.0572 e. The van der Waals surface area contributed by atoms with Gasteiger partial charge in [0.25, 0.3) is 0 Å². The topological polar surface area (TPSA) is 21.3 Å². The Kier molecular flexibility index (Phi) is 3.08. The molecule has 6 heavy (non-hydrogen) atoms.